The first-order valence-corrected chi connectivity index (χ1v) is 14.0. The maximum atomic E-state index is 13.0. The van der Waals surface area contributed by atoms with Gasteiger partial charge >= 0.3 is 0 Å². The Hall–Kier alpha value is -2.72. The molecule has 3 aromatic rings. The maximum Gasteiger partial charge on any atom is 0.264 e. The van der Waals surface area contributed by atoms with Crippen molar-refractivity contribution >= 4 is 44.1 Å². The normalized spacial score (nSPS) is 15.9. The van der Waals surface area contributed by atoms with Crippen molar-refractivity contribution in [3.05, 3.63) is 65.3 Å². The first-order valence-electron chi connectivity index (χ1n) is 12.1. The van der Waals surface area contributed by atoms with E-state index in [0.29, 0.717) is 18.0 Å². The van der Waals surface area contributed by atoms with Crippen molar-refractivity contribution in [2.24, 2.45) is 5.92 Å². The van der Waals surface area contributed by atoms with Crippen LogP contribution in [0.1, 0.15) is 30.1 Å². The number of anilines is 1. The molecule has 192 valence electrons. The Morgan fingerprint density at radius 1 is 1.19 bits per heavy atom. The van der Waals surface area contributed by atoms with Crippen LogP contribution in [0, 0.1) is 5.92 Å². The summed E-state index contributed by atoms with van der Waals surface area (Å²) in [7, 11) is -3.92. The van der Waals surface area contributed by atoms with Gasteiger partial charge in [-0.05, 0) is 55.6 Å². The molecule has 1 saturated heterocycles. The number of hydrogen-bond donors (Lipinski definition) is 2. The van der Waals surface area contributed by atoms with Crippen molar-refractivity contribution in [2.75, 3.05) is 44.1 Å². The highest BCUT2D eigenvalue weighted by atomic mass is 35.5. The predicted octanol–water partition coefficient (Wildman–Crippen LogP) is 4.17. The summed E-state index contributed by atoms with van der Waals surface area (Å²) in [6, 6.07) is 13.0. The lowest BCUT2D eigenvalue weighted by Crippen LogP contribution is -2.38. The Bertz CT molecular complexity index is 1310. The zero-order chi connectivity index (χ0) is 25.5. The summed E-state index contributed by atoms with van der Waals surface area (Å²) in [5, 5.41) is 3.81. The molecule has 1 amide bonds. The molecule has 1 atom stereocenters. The summed E-state index contributed by atoms with van der Waals surface area (Å²) in [5.41, 5.74) is 0.933. The molecule has 1 aromatic heterocycles. The van der Waals surface area contributed by atoms with Crippen molar-refractivity contribution in [3.8, 4) is 0 Å². The van der Waals surface area contributed by atoms with Gasteiger partial charge in [-0.3, -0.25) is 14.5 Å². The monoisotopic (exact) mass is 530 g/mol. The molecule has 1 aliphatic heterocycles. The minimum absolute atomic E-state index is 0.0688. The SMILES string of the molecule is CCCN(CCNC(=O)c1ccc(NS(=O)(=O)c2cccc3cccnc23)cc1Cl)CC1CCOC1. The lowest BCUT2D eigenvalue weighted by atomic mass is 10.1. The van der Waals surface area contributed by atoms with Crippen LogP contribution in [0.3, 0.4) is 0 Å². The quantitative estimate of drug-likeness (QED) is 0.386. The summed E-state index contributed by atoms with van der Waals surface area (Å²) in [4.78, 5) is 19.4. The number of sulfonamides is 1. The van der Waals surface area contributed by atoms with E-state index in [9.17, 15) is 13.2 Å². The van der Waals surface area contributed by atoms with Gasteiger partial charge in [-0.25, -0.2) is 8.42 Å². The molecule has 1 aliphatic rings. The van der Waals surface area contributed by atoms with Crippen molar-refractivity contribution < 1.29 is 17.9 Å². The van der Waals surface area contributed by atoms with E-state index < -0.39 is 10.0 Å². The fourth-order valence-corrected chi connectivity index (χ4v) is 5.89. The van der Waals surface area contributed by atoms with Crippen LogP contribution in [-0.2, 0) is 14.8 Å². The van der Waals surface area contributed by atoms with Gasteiger partial charge in [-0.15, -0.1) is 0 Å². The van der Waals surface area contributed by atoms with E-state index in [-0.39, 0.29) is 27.1 Å². The van der Waals surface area contributed by atoms with Gasteiger partial charge in [-0.2, -0.15) is 0 Å². The van der Waals surface area contributed by atoms with Gasteiger partial charge < -0.3 is 15.0 Å². The second-order valence-electron chi connectivity index (χ2n) is 8.92. The minimum Gasteiger partial charge on any atom is -0.381 e. The Balaban J connectivity index is 1.38. The van der Waals surface area contributed by atoms with Crippen molar-refractivity contribution in [1.29, 1.82) is 0 Å². The number of carbonyl (C=O) groups is 1. The van der Waals surface area contributed by atoms with Crippen LogP contribution in [0.5, 0.6) is 0 Å². The molecule has 8 nitrogen and oxygen atoms in total. The van der Waals surface area contributed by atoms with Crippen LogP contribution in [0.25, 0.3) is 10.9 Å². The topological polar surface area (TPSA) is 101 Å². The van der Waals surface area contributed by atoms with E-state index >= 15 is 0 Å². The van der Waals surface area contributed by atoms with Gasteiger partial charge in [0.05, 0.1) is 28.4 Å². The third-order valence-corrected chi connectivity index (χ3v) is 7.87. The summed E-state index contributed by atoms with van der Waals surface area (Å²) >= 11 is 6.37. The molecule has 0 bridgehead atoms. The highest BCUT2D eigenvalue weighted by molar-refractivity contribution is 7.93. The molecule has 1 fully saturated rings. The van der Waals surface area contributed by atoms with Crippen molar-refractivity contribution in [1.82, 2.24) is 15.2 Å². The minimum atomic E-state index is -3.92. The molecule has 0 spiro atoms. The number of hydrogen-bond acceptors (Lipinski definition) is 6. The number of para-hydroxylation sites is 1. The van der Waals surface area contributed by atoms with Crippen molar-refractivity contribution in [3.63, 3.8) is 0 Å². The number of carbonyl (C=O) groups excluding carboxylic acids is 1. The highest BCUT2D eigenvalue weighted by Gasteiger charge is 2.21. The van der Waals surface area contributed by atoms with Crippen LogP contribution in [-0.4, -0.2) is 63.6 Å². The van der Waals surface area contributed by atoms with Gasteiger partial charge in [0.1, 0.15) is 4.90 Å². The Morgan fingerprint density at radius 2 is 2.03 bits per heavy atom. The van der Waals surface area contributed by atoms with E-state index in [2.05, 4.69) is 26.8 Å². The molecule has 2 aromatic carbocycles. The number of amides is 1. The number of benzene rings is 2. The number of halogens is 1. The standard InChI is InChI=1S/C26H31ClN4O4S/c1-2-13-31(17-19-10-15-35-18-19)14-12-29-26(32)22-9-8-21(16-23(22)27)30-36(33,34)24-7-3-5-20-6-4-11-28-25(20)24/h3-9,11,16,19,30H,2,10,12-15,17-18H2,1H3,(H,29,32). The third-order valence-electron chi connectivity index (χ3n) is 6.14. The van der Waals surface area contributed by atoms with E-state index in [0.717, 1.165) is 51.1 Å². The molecule has 0 radical (unpaired) electrons. The molecular weight excluding hydrogens is 500 g/mol. The maximum absolute atomic E-state index is 13.0. The number of aromatic nitrogens is 1. The first kappa shape index (κ1) is 26.3. The van der Waals surface area contributed by atoms with E-state index in [1.807, 2.05) is 0 Å². The zero-order valence-electron chi connectivity index (χ0n) is 20.2. The molecule has 36 heavy (non-hydrogen) atoms. The van der Waals surface area contributed by atoms with Crippen molar-refractivity contribution in [2.45, 2.75) is 24.7 Å². The van der Waals surface area contributed by atoms with Gasteiger partial charge in [0.2, 0.25) is 0 Å². The zero-order valence-corrected chi connectivity index (χ0v) is 21.8. The number of nitrogens with zero attached hydrogens (tertiary/aromatic N) is 2. The first-order chi connectivity index (χ1) is 17.4. The fourth-order valence-electron chi connectivity index (χ4n) is 4.39. The van der Waals surface area contributed by atoms with E-state index in [1.54, 1.807) is 30.5 Å². The largest absolute Gasteiger partial charge is 0.381 e. The summed E-state index contributed by atoms with van der Waals surface area (Å²) in [6.07, 6.45) is 3.67. The number of fused-ring (bicyclic) bond motifs is 1. The molecule has 0 aliphatic carbocycles. The average molecular weight is 531 g/mol. The highest BCUT2D eigenvalue weighted by Crippen LogP contribution is 2.26. The lowest BCUT2D eigenvalue weighted by Gasteiger charge is -2.24. The van der Waals surface area contributed by atoms with Gasteiger partial charge in [0, 0.05) is 37.8 Å². The van der Waals surface area contributed by atoms with E-state index in [1.165, 1.54) is 24.3 Å². The van der Waals surface area contributed by atoms with Crippen LogP contribution >= 0.6 is 11.6 Å². The van der Waals surface area contributed by atoms with Crippen LogP contribution in [0.4, 0.5) is 5.69 Å². The van der Waals surface area contributed by atoms with E-state index in [4.69, 9.17) is 16.3 Å². The fraction of sp³-hybridized carbons (Fsp3) is 0.385. The summed E-state index contributed by atoms with van der Waals surface area (Å²) in [6.45, 7) is 6.93. The molecule has 10 heteroatoms. The second-order valence-corrected chi connectivity index (χ2v) is 11.0. The summed E-state index contributed by atoms with van der Waals surface area (Å²) in [5.74, 6) is 0.246. The molecule has 4 rings (SSSR count). The molecule has 2 N–H and O–H groups in total. The van der Waals surface area contributed by atoms with Crippen LogP contribution in [0.15, 0.2) is 59.6 Å². The Kier molecular flexibility index (Phi) is 8.79. The Labute approximate surface area is 217 Å². The number of pyridine rings is 1. The van der Waals surface area contributed by atoms with Gasteiger partial charge in [0.25, 0.3) is 15.9 Å². The number of ether oxygens (including phenoxy) is 1. The van der Waals surface area contributed by atoms with Crippen LogP contribution in [0.2, 0.25) is 5.02 Å². The lowest BCUT2D eigenvalue weighted by molar-refractivity contribution is 0.0946. The number of rotatable bonds is 11. The smallest absolute Gasteiger partial charge is 0.264 e. The molecule has 1 unspecified atom stereocenters. The van der Waals surface area contributed by atoms with Crippen LogP contribution < -0.4 is 10.0 Å². The average Bonchev–Trinajstić information content (AvgIpc) is 3.36. The second kappa shape index (κ2) is 12.0. The summed E-state index contributed by atoms with van der Waals surface area (Å²) < 4.78 is 34.1. The predicted molar refractivity (Wildman–Crippen MR) is 142 cm³/mol. The van der Waals surface area contributed by atoms with Gasteiger partial charge in [0.15, 0.2) is 0 Å². The number of nitrogens with one attached hydrogen (secondary N) is 2. The molecule has 2 heterocycles. The third kappa shape index (κ3) is 6.53. The Morgan fingerprint density at radius 3 is 2.78 bits per heavy atom. The molecule has 0 saturated carbocycles. The van der Waals surface area contributed by atoms with Gasteiger partial charge in [-0.1, -0.05) is 36.7 Å². The molecular formula is C26H31ClN4O4S.